The van der Waals surface area contributed by atoms with Gasteiger partial charge in [-0.25, -0.2) is 8.78 Å². The number of hydrogen-bond donors (Lipinski definition) is 2. The molecule has 6 nitrogen and oxygen atoms in total. The number of aromatic hydroxyl groups is 2. The van der Waals surface area contributed by atoms with Gasteiger partial charge in [0.1, 0.15) is 34.6 Å². The minimum absolute atomic E-state index is 0. The largest absolute Gasteiger partial charge is 2.00 e. The third-order valence-corrected chi connectivity index (χ3v) is 15.2. The molecule has 9 heteroatoms. The van der Waals surface area contributed by atoms with Crippen LogP contribution in [0.2, 0.25) is 0 Å². The number of ether oxygens (including phenoxy) is 2. The predicted octanol–water partition coefficient (Wildman–Crippen LogP) is 19.5. The number of phenols is 2. The molecule has 0 amide bonds. The first kappa shape index (κ1) is 60.9. The molecule has 2 aromatic heterocycles. The van der Waals surface area contributed by atoms with Crippen LogP contribution in [0.25, 0.3) is 77.2 Å². The average Bonchev–Trinajstić information content (AvgIpc) is 3.96. The number of phenolic OH excluding ortho intramolecular Hbond substituents is 2. The summed E-state index contributed by atoms with van der Waals surface area (Å²) in [4.78, 5) is 0. The summed E-state index contributed by atoms with van der Waals surface area (Å²) in [5, 5.41) is 29.3. The van der Waals surface area contributed by atoms with Gasteiger partial charge in [-0.3, -0.25) is 0 Å². The number of halogens is 2. The summed E-state index contributed by atoms with van der Waals surface area (Å²) in [6, 6.07) is 42.8. The number of rotatable bonds is 10. The molecule has 0 saturated carbocycles. The molecule has 0 aliphatic rings. The minimum Gasteiger partial charge on any atom is -0.505 e. The van der Waals surface area contributed by atoms with Crippen molar-refractivity contribution >= 4 is 43.6 Å². The number of aryl methyl sites for hydroxylation is 2. The third kappa shape index (κ3) is 11.5. The van der Waals surface area contributed by atoms with Gasteiger partial charge in [-0.2, -0.15) is 0 Å². The van der Waals surface area contributed by atoms with Crippen molar-refractivity contribution in [3.63, 3.8) is 0 Å². The fraction of sp³-hybridized carbons (Fsp3) is 0.296. The molecule has 10 aromatic rings. The zero-order valence-corrected chi connectivity index (χ0v) is 52.1. The quantitative estimate of drug-likeness (QED) is 0.106. The van der Waals surface area contributed by atoms with Crippen LogP contribution in [0.5, 0.6) is 23.0 Å². The van der Waals surface area contributed by atoms with Gasteiger partial charge in [-0.15, -0.1) is 0 Å². The Hall–Kier alpha value is -6.70. The number of hydrogen-bond acceptors (Lipinski definition) is 4. The van der Waals surface area contributed by atoms with Gasteiger partial charge in [0.25, 0.3) is 0 Å². The number of nitrogens with zero attached hydrogens (tertiary/aromatic N) is 2. The smallest absolute Gasteiger partial charge is 0.505 e. The number of aromatic nitrogens is 2. The summed E-state index contributed by atoms with van der Waals surface area (Å²) in [6.45, 7) is 30.7. The Labute approximate surface area is 492 Å². The summed E-state index contributed by atoms with van der Waals surface area (Å²) < 4.78 is 48.0. The van der Waals surface area contributed by atoms with Crippen molar-refractivity contribution in [2.45, 2.75) is 125 Å². The van der Waals surface area contributed by atoms with E-state index >= 15 is 8.78 Å². The molecule has 0 spiro atoms. The molecule has 0 unspecified atom stereocenters. The van der Waals surface area contributed by atoms with Crippen LogP contribution >= 0.6 is 0 Å². The summed E-state index contributed by atoms with van der Waals surface area (Å²) in [5.74, 6) is -0.116. The molecular weight excluding hydrogens is 1070 g/mol. The Morgan fingerprint density at radius 2 is 0.675 bits per heavy atom. The number of benzene rings is 8. The van der Waals surface area contributed by atoms with E-state index in [4.69, 9.17) is 9.47 Å². The monoisotopic (exact) mass is 1150 g/mol. The van der Waals surface area contributed by atoms with Crippen LogP contribution in [0.15, 0.2) is 133 Å². The van der Waals surface area contributed by atoms with Crippen molar-refractivity contribution < 1.29 is 54.7 Å². The maximum atomic E-state index is 15.4. The van der Waals surface area contributed by atoms with Crippen LogP contribution in [0, 0.1) is 40.3 Å². The molecule has 2 heterocycles. The average molecular weight is 1150 g/mol. The SMILES string of the molecule is Cc1cc(-c2cc(F)ccc2OCCCOc2ccc(F)cc2-c2cc(C)cc(-n3c4cc(C(C)(C)C)ccc4c4ccc(C(C)(C)C)cc43)c2O)c(O)c(-n2c3cc(C(C)(C)C)ccc3c3ccc(C(C)(C)C)cc32)c1.[CH3-].[CH3-].[Zr+2]. The van der Waals surface area contributed by atoms with Gasteiger partial charge in [0.15, 0.2) is 0 Å². The second kappa shape index (κ2) is 22.3. The fourth-order valence-corrected chi connectivity index (χ4v) is 10.8. The van der Waals surface area contributed by atoms with E-state index in [1.165, 1.54) is 46.5 Å². The van der Waals surface area contributed by atoms with E-state index in [-0.39, 0.29) is 87.4 Å². The zero-order chi connectivity index (χ0) is 55.3. The second-order valence-electron chi connectivity index (χ2n) is 25.3. The van der Waals surface area contributed by atoms with Crippen LogP contribution in [-0.2, 0) is 47.9 Å². The van der Waals surface area contributed by atoms with Crippen LogP contribution in [-0.4, -0.2) is 32.6 Å². The van der Waals surface area contributed by atoms with Crippen LogP contribution < -0.4 is 9.47 Å². The van der Waals surface area contributed by atoms with Crippen molar-refractivity contribution in [1.29, 1.82) is 0 Å². The molecular formula is C71H78F2N2O4Zr. The predicted molar refractivity (Wildman–Crippen MR) is 328 cm³/mol. The zero-order valence-electron chi connectivity index (χ0n) is 49.7. The van der Waals surface area contributed by atoms with E-state index in [0.717, 1.165) is 54.7 Å². The second-order valence-corrected chi connectivity index (χ2v) is 25.3. The van der Waals surface area contributed by atoms with Crippen LogP contribution in [0.4, 0.5) is 8.78 Å². The first-order chi connectivity index (χ1) is 36.2. The first-order valence-electron chi connectivity index (χ1n) is 26.9. The molecule has 80 heavy (non-hydrogen) atoms. The van der Waals surface area contributed by atoms with E-state index in [0.29, 0.717) is 51.5 Å². The Morgan fingerprint density at radius 1 is 0.388 bits per heavy atom. The molecule has 0 aliphatic heterocycles. The van der Waals surface area contributed by atoms with E-state index in [1.54, 1.807) is 12.1 Å². The van der Waals surface area contributed by atoms with Crippen molar-refractivity contribution in [3.05, 3.63) is 193 Å². The van der Waals surface area contributed by atoms with Crippen molar-refractivity contribution in [3.8, 4) is 56.6 Å². The van der Waals surface area contributed by atoms with Crippen molar-refractivity contribution in [2.75, 3.05) is 13.2 Å². The Bertz CT molecular complexity index is 3570. The van der Waals surface area contributed by atoms with Gasteiger partial charge < -0.3 is 43.7 Å². The van der Waals surface area contributed by atoms with Gasteiger partial charge in [0.05, 0.1) is 46.7 Å². The summed E-state index contributed by atoms with van der Waals surface area (Å²) in [5.41, 5.74) is 12.7. The summed E-state index contributed by atoms with van der Waals surface area (Å²) in [6.07, 6.45) is 0.408. The van der Waals surface area contributed by atoms with Crippen LogP contribution in [0.3, 0.4) is 0 Å². The van der Waals surface area contributed by atoms with Gasteiger partial charge in [0.2, 0.25) is 0 Å². The standard InChI is InChI=1S/C69H72F2N2O4.2CH3.Zr/c1-40-30-54(64(74)60(32-40)72-56-34-42(66(3,4)5)16-22-48(56)49-23-17-43(35-57(49)72)67(6,7)8)52-38-46(70)20-26-62(52)76-28-15-29-77-63-27-21-47(71)39-53(63)55-31-41(2)33-61(65(55)75)73-58-36-44(68(9,10)11)18-24-50(58)51-25-19-45(37-59(51)73)69(12,13)14;;;/h16-27,30-39,74-75H,15,28-29H2,1-14H3;2*1H3;/q;2*-1;+2. The molecule has 0 aliphatic carbocycles. The van der Waals surface area contributed by atoms with Gasteiger partial charge in [-0.05, 0) is 154 Å². The van der Waals surface area contributed by atoms with Gasteiger partial charge >= 0.3 is 26.2 Å². The fourth-order valence-electron chi connectivity index (χ4n) is 10.8. The van der Waals surface area contributed by atoms with Crippen molar-refractivity contribution in [2.24, 2.45) is 0 Å². The van der Waals surface area contributed by atoms with Crippen LogP contribution in [0.1, 0.15) is 123 Å². The normalized spacial score (nSPS) is 12.2. The molecule has 0 saturated heterocycles. The van der Waals surface area contributed by atoms with Gasteiger partial charge in [0, 0.05) is 50.2 Å². The number of fused-ring (bicyclic) bond motifs is 6. The van der Waals surface area contributed by atoms with E-state index in [9.17, 15) is 10.2 Å². The molecule has 0 bridgehead atoms. The Morgan fingerprint density at radius 3 is 0.950 bits per heavy atom. The molecule has 8 aromatic carbocycles. The Balaban J connectivity index is 0.00000308. The molecule has 0 atom stereocenters. The van der Waals surface area contributed by atoms with E-state index < -0.39 is 11.6 Å². The minimum atomic E-state index is -0.464. The maximum absolute atomic E-state index is 15.4. The van der Waals surface area contributed by atoms with E-state index in [1.807, 2.05) is 38.1 Å². The topological polar surface area (TPSA) is 68.8 Å². The molecule has 2 N–H and O–H groups in total. The summed E-state index contributed by atoms with van der Waals surface area (Å²) >= 11 is 0. The van der Waals surface area contributed by atoms with Gasteiger partial charge in [-0.1, -0.05) is 132 Å². The maximum Gasteiger partial charge on any atom is 2.00 e. The third-order valence-electron chi connectivity index (χ3n) is 15.2. The Kier molecular flexibility index (Phi) is 17.0. The molecule has 414 valence electrons. The molecule has 0 radical (unpaired) electrons. The van der Waals surface area contributed by atoms with Crippen molar-refractivity contribution in [1.82, 2.24) is 9.13 Å². The molecule has 0 fully saturated rings. The molecule has 10 rings (SSSR count). The summed E-state index contributed by atoms with van der Waals surface area (Å²) in [7, 11) is 0. The first-order valence-corrected chi connectivity index (χ1v) is 26.9. The van der Waals surface area contributed by atoms with E-state index in [2.05, 4.69) is 165 Å².